The Morgan fingerprint density at radius 2 is 1.53 bits per heavy atom. The fraction of sp³-hybridized carbons (Fsp3) is 0.423. The fourth-order valence-corrected chi connectivity index (χ4v) is 5.52. The molecule has 1 atom stereocenters. The number of carboxylic acid groups (broad SMARTS) is 1. The monoisotopic (exact) mass is 501 g/mol. The van der Waals surface area contributed by atoms with E-state index in [9.17, 15) is 24.9 Å². The van der Waals surface area contributed by atoms with E-state index >= 15 is 0 Å². The normalized spacial score (nSPS) is 17.4. The molecule has 0 bridgehead atoms. The molecule has 1 aliphatic heterocycles. The van der Waals surface area contributed by atoms with Gasteiger partial charge in [-0.3, -0.25) is 9.69 Å². The number of carbonyl (C=O) groups excluding carboxylic acids is 1. The third-order valence-electron chi connectivity index (χ3n) is 5.95. The van der Waals surface area contributed by atoms with E-state index in [4.69, 9.17) is 12.2 Å². The molecule has 1 saturated heterocycles. The van der Waals surface area contributed by atoms with Gasteiger partial charge in [-0.15, -0.1) is 0 Å². The molecule has 0 aliphatic carbocycles. The summed E-state index contributed by atoms with van der Waals surface area (Å²) in [7, 11) is 0. The van der Waals surface area contributed by atoms with Crippen molar-refractivity contribution in [3.8, 4) is 0 Å². The summed E-state index contributed by atoms with van der Waals surface area (Å²) in [5.41, 5.74) is 0.668. The Balaban J connectivity index is 2.12. The first-order valence-corrected chi connectivity index (χ1v) is 12.3. The topological polar surface area (TPSA) is 98.1 Å². The number of aliphatic carboxylic acids is 1. The van der Waals surface area contributed by atoms with E-state index in [2.05, 4.69) is 0 Å². The standard InChI is InChI=1S/C26H31NO5S2/c1-13(2)21(23(29)30)27-22(28)20(34-24(27)33)12-15-9-17-11-19(26(6,7)32)18(25(4,5)31)10-16(17)8-14(15)3/h8-13,21,31-32H,1-7H3,(H,29,30)/b20-12-. The van der Waals surface area contributed by atoms with Crippen LogP contribution in [-0.2, 0) is 20.8 Å². The number of hydrogen-bond donors (Lipinski definition) is 3. The molecule has 1 amide bonds. The Bertz CT molecular complexity index is 1220. The molecule has 3 N–H and O–H groups in total. The maximum Gasteiger partial charge on any atom is 0.327 e. The summed E-state index contributed by atoms with van der Waals surface area (Å²) < 4.78 is 0.231. The van der Waals surface area contributed by atoms with E-state index in [1.54, 1.807) is 47.6 Å². The number of benzene rings is 2. The zero-order valence-electron chi connectivity index (χ0n) is 20.5. The molecule has 182 valence electrons. The Morgan fingerprint density at radius 3 is 1.97 bits per heavy atom. The van der Waals surface area contributed by atoms with Crippen molar-refractivity contribution in [2.24, 2.45) is 5.92 Å². The summed E-state index contributed by atoms with van der Waals surface area (Å²) in [6.45, 7) is 12.2. The van der Waals surface area contributed by atoms with Crippen LogP contribution in [0.1, 0.15) is 63.8 Å². The molecule has 0 aromatic heterocycles. The van der Waals surface area contributed by atoms with E-state index in [-0.39, 0.29) is 10.2 Å². The number of thioether (sulfide) groups is 1. The van der Waals surface area contributed by atoms with E-state index in [1.165, 1.54) is 4.90 Å². The number of rotatable bonds is 6. The first-order chi connectivity index (χ1) is 15.5. The number of amides is 1. The fourth-order valence-electron chi connectivity index (χ4n) is 4.20. The minimum absolute atomic E-state index is 0.231. The summed E-state index contributed by atoms with van der Waals surface area (Å²) in [6, 6.07) is 6.63. The lowest BCUT2D eigenvalue weighted by Crippen LogP contribution is -2.47. The van der Waals surface area contributed by atoms with Crippen LogP contribution in [0.25, 0.3) is 16.8 Å². The van der Waals surface area contributed by atoms with Crippen LogP contribution in [0.2, 0.25) is 0 Å². The first kappa shape index (κ1) is 26.3. The highest BCUT2D eigenvalue weighted by Crippen LogP contribution is 2.38. The summed E-state index contributed by atoms with van der Waals surface area (Å²) in [5.74, 6) is -1.80. The molecule has 34 heavy (non-hydrogen) atoms. The summed E-state index contributed by atoms with van der Waals surface area (Å²) in [5, 5.41) is 32.8. The molecule has 6 nitrogen and oxygen atoms in total. The molecule has 0 spiro atoms. The minimum Gasteiger partial charge on any atom is -0.480 e. The molecular formula is C26H31NO5S2. The van der Waals surface area contributed by atoms with Crippen LogP contribution < -0.4 is 0 Å². The Labute approximate surface area is 209 Å². The number of carbonyl (C=O) groups is 2. The van der Waals surface area contributed by atoms with E-state index in [0.29, 0.717) is 16.0 Å². The highest BCUT2D eigenvalue weighted by atomic mass is 32.2. The van der Waals surface area contributed by atoms with Gasteiger partial charge in [0.05, 0.1) is 16.1 Å². The van der Waals surface area contributed by atoms with Crippen LogP contribution >= 0.6 is 24.0 Å². The van der Waals surface area contributed by atoms with Gasteiger partial charge >= 0.3 is 5.97 Å². The SMILES string of the molecule is Cc1cc2cc(C(C)(C)O)c(C(C)(C)O)cc2cc1/C=C1\SC(=S)N(C(C(=O)O)C(C)C)C1=O. The third-order valence-corrected chi connectivity index (χ3v) is 7.28. The van der Waals surface area contributed by atoms with Crippen LogP contribution in [0.5, 0.6) is 0 Å². The zero-order chi connectivity index (χ0) is 25.7. The maximum absolute atomic E-state index is 13.1. The molecule has 1 unspecified atom stereocenters. The lowest BCUT2D eigenvalue weighted by atomic mass is 9.83. The number of fused-ring (bicyclic) bond motifs is 1. The number of thiocarbonyl (C=S) groups is 1. The Kier molecular flexibility index (Phi) is 7.03. The molecule has 3 rings (SSSR count). The maximum atomic E-state index is 13.1. The van der Waals surface area contributed by atoms with Gasteiger partial charge in [0.1, 0.15) is 10.4 Å². The molecule has 2 aromatic rings. The van der Waals surface area contributed by atoms with Crippen molar-refractivity contribution in [2.75, 3.05) is 0 Å². The number of aryl methyl sites for hydroxylation is 1. The van der Waals surface area contributed by atoms with Crippen molar-refractivity contribution in [1.29, 1.82) is 0 Å². The van der Waals surface area contributed by atoms with Gasteiger partial charge in [-0.05, 0) is 97.8 Å². The largest absolute Gasteiger partial charge is 0.480 e. The van der Waals surface area contributed by atoms with Gasteiger partial charge in [0.25, 0.3) is 5.91 Å². The average Bonchev–Trinajstić information content (AvgIpc) is 2.93. The molecule has 8 heteroatoms. The third kappa shape index (κ3) is 5.05. The minimum atomic E-state index is -1.17. The van der Waals surface area contributed by atoms with Gasteiger partial charge in [-0.2, -0.15) is 0 Å². The van der Waals surface area contributed by atoms with Crippen LogP contribution in [-0.4, -0.2) is 42.5 Å². The lowest BCUT2D eigenvalue weighted by molar-refractivity contribution is -0.146. The van der Waals surface area contributed by atoms with Crippen molar-refractivity contribution in [2.45, 2.75) is 65.7 Å². The van der Waals surface area contributed by atoms with Gasteiger partial charge in [0.15, 0.2) is 0 Å². The predicted molar refractivity (Wildman–Crippen MR) is 140 cm³/mol. The van der Waals surface area contributed by atoms with E-state index in [1.807, 2.05) is 31.2 Å². The van der Waals surface area contributed by atoms with Crippen molar-refractivity contribution in [3.05, 3.63) is 51.4 Å². The molecule has 1 fully saturated rings. The van der Waals surface area contributed by atoms with Gasteiger partial charge in [0, 0.05) is 0 Å². The second kappa shape index (κ2) is 9.07. The van der Waals surface area contributed by atoms with Crippen molar-refractivity contribution in [1.82, 2.24) is 4.90 Å². The number of aliphatic hydroxyl groups is 2. The van der Waals surface area contributed by atoms with Gasteiger partial charge in [-0.25, -0.2) is 4.79 Å². The quantitative estimate of drug-likeness (QED) is 0.382. The smallest absolute Gasteiger partial charge is 0.327 e. The average molecular weight is 502 g/mol. The van der Waals surface area contributed by atoms with Crippen LogP contribution in [0.15, 0.2) is 29.2 Å². The van der Waals surface area contributed by atoms with Crippen LogP contribution in [0.3, 0.4) is 0 Å². The van der Waals surface area contributed by atoms with Gasteiger partial charge < -0.3 is 15.3 Å². The van der Waals surface area contributed by atoms with Gasteiger partial charge in [-0.1, -0.05) is 43.9 Å². The van der Waals surface area contributed by atoms with E-state index < -0.39 is 29.1 Å². The number of nitrogens with zero attached hydrogens (tertiary/aromatic N) is 1. The Morgan fingerprint density at radius 1 is 1.03 bits per heavy atom. The number of carboxylic acids is 1. The van der Waals surface area contributed by atoms with Gasteiger partial charge in [0.2, 0.25) is 0 Å². The van der Waals surface area contributed by atoms with Crippen molar-refractivity contribution in [3.63, 3.8) is 0 Å². The highest BCUT2D eigenvalue weighted by Gasteiger charge is 2.42. The predicted octanol–water partition coefficient (Wildman–Crippen LogP) is 4.91. The van der Waals surface area contributed by atoms with Crippen molar-refractivity contribution >= 4 is 57.0 Å². The molecule has 0 radical (unpaired) electrons. The molecule has 0 saturated carbocycles. The zero-order valence-corrected chi connectivity index (χ0v) is 22.1. The van der Waals surface area contributed by atoms with E-state index in [0.717, 1.165) is 33.7 Å². The molecular weight excluding hydrogens is 470 g/mol. The molecule has 1 heterocycles. The lowest BCUT2D eigenvalue weighted by Gasteiger charge is -2.29. The second-order valence-corrected chi connectivity index (χ2v) is 11.8. The second-order valence-electron chi connectivity index (χ2n) is 10.2. The summed E-state index contributed by atoms with van der Waals surface area (Å²) >= 11 is 6.45. The summed E-state index contributed by atoms with van der Waals surface area (Å²) in [4.78, 5) is 26.4. The number of hydrogen-bond acceptors (Lipinski definition) is 6. The Hall–Kier alpha value is -2.26. The highest BCUT2D eigenvalue weighted by molar-refractivity contribution is 8.26. The summed E-state index contributed by atoms with van der Waals surface area (Å²) in [6.07, 6.45) is 1.74. The first-order valence-electron chi connectivity index (χ1n) is 11.1. The van der Waals surface area contributed by atoms with Crippen LogP contribution in [0.4, 0.5) is 0 Å². The van der Waals surface area contributed by atoms with Crippen LogP contribution in [0, 0.1) is 12.8 Å². The molecule has 1 aliphatic rings. The van der Waals surface area contributed by atoms with Crippen molar-refractivity contribution < 1.29 is 24.9 Å². The molecule has 2 aromatic carbocycles.